The quantitative estimate of drug-likeness (QED) is 0.518. The van der Waals surface area contributed by atoms with Crippen molar-refractivity contribution in [3.63, 3.8) is 0 Å². The minimum absolute atomic E-state index is 0.00868. The van der Waals surface area contributed by atoms with Gasteiger partial charge in [-0.2, -0.15) is 0 Å². The summed E-state index contributed by atoms with van der Waals surface area (Å²) in [6.07, 6.45) is 1.31. The molecule has 4 heterocycles. The van der Waals surface area contributed by atoms with E-state index in [-0.39, 0.29) is 18.4 Å². The molecule has 2 atom stereocenters. The van der Waals surface area contributed by atoms with Gasteiger partial charge < -0.3 is 29.0 Å². The van der Waals surface area contributed by atoms with E-state index in [9.17, 15) is 9.59 Å². The van der Waals surface area contributed by atoms with Gasteiger partial charge in [-0.15, -0.1) is 0 Å². The van der Waals surface area contributed by atoms with Crippen LogP contribution in [-0.4, -0.2) is 97.7 Å². The molecule has 6 rings (SSSR count). The van der Waals surface area contributed by atoms with Gasteiger partial charge in [0.2, 0.25) is 11.8 Å². The van der Waals surface area contributed by atoms with Crippen molar-refractivity contribution in [1.82, 2.24) is 19.7 Å². The summed E-state index contributed by atoms with van der Waals surface area (Å²) >= 11 is 0. The monoisotopic (exact) mass is 518 g/mol. The fourth-order valence-electron chi connectivity index (χ4n) is 6.27. The molecule has 38 heavy (non-hydrogen) atoms. The molecular formula is C29H34N4O5. The average molecular weight is 519 g/mol. The second kappa shape index (κ2) is 10.3. The molecule has 2 aromatic carbocycles. The van der Waals surface area contributed by atoms with Crippen LogP contribution in [0.15, 0.2) is 42.5 Å². The van der Waals surface area contributed by atoms with E-state index in [0.29, 0.717) is 24.5 Å². The first-order chi connectivity index (χ1) is 18.6. The Morgan fingerprint density at radius 3 is 2.61 bits per heavy atom. The molecule has 0 bridgehead atoms. The van der Waals surface area contributed by atoms with Crippen molar-refractivity contribution in [1.29, 1.82) is 0 Å². The molecule has 9 nitrogen and oxygen atoms in total. The van der Waals surface area contributed by atoms with Gasteiger partial charge in [0.05, 0.1) is 34.0 Å². The standard InChI is InChI=1S/C29H34N4O5/c1-36-24-10-5-8-20(28(24)37-2)27-26-21(19-7-3-4-9-22(19)30-26)17-23-29(35)32(18-25(34)33(23)27)12-6-11-31-13-15-38-16-14-31/h3-5,7-10,23,27,30H,6,11-18H2,1-2H3/t23-,27?/m1/s1. The van der Waals surface area contributed by atoms with Gasteiger partial charge in [0.1, 0.15) is 12.1 Å². The number of nitrogens with zero attached hydrogens (tertiary/aromatic N) is 3. The lowest BCUT2D eigenvalue weighted by atomic mass is 9.85. The van der Waals surface area contributed by atoms with Crippen molar-refractivity contribution >= 4 is 22.7 Å². The first-order valence-electron chi connectivity index (χ1n) is 13.3. The summed E-state index contributed by atoms with van der Waals surface area (Å²) in [7, 11) is 3.21. The number of rotatable bonds is 7. The fourth-order valence-corrected chi connectivity index (χ4v) is 6.27. The Balaban J connectivity index is 1.36. The Kier molecular flexibility index (Phi) is 6.71. The maximum Gasteiger partial charge on any atom is 0.246 e. The summed E-state index contributed by atoms with van der Waals surface area (Å²) < 4.78 is 16.8. The van der Waals surface area contributed by atoms with Crippen molar-refractivity contribution in [2.75, 3.05) is 60.2 Å². The molecule has 1 N–H and O–H groups in total. The van der Waals surface area contributed by atoms with E-state index in [1.807, 2.05) is 36.4 Å². The zero-order valence-corrected chi connectivity index (χ0v) is 21.9. The number of hydrogen-bond donors (Lipinski definition) is 1. The minimum atomic E-state index is -0.577. The number of carbonyl (C=O) groups is 2. The summed E-state index contributed by atoms with van der Waals surface area (Å²) in [6, 6.07) is 12.7. The molecule has 3 aliphatic heterocycles. The van der Waals surface area contributed by atoms with Crippen LogP contribution in [0, 0.1) is 0 Å². The second-order valence-electron chi connectivity index (χ2n) is 10.1. The van der Waals surface area contributed by atoms with Crippen molar-refractivity contribution < 1.29 is 23.8 Å². The van der Waals surface area contributed by atoms with E-state index in [0.717, 1.165) is 67.0 Å². The average Bonchev–Trinajstić information content (AvgIpc) is 3.33. The lowest BCUT2D eigenvalue weighted by molar-refractivity contribution is -0.158. The molecule has 2 amide bonds. The highest BCUT2D eigenvalue weighted by atomic mass is 16.5. The molecule has 200 valence electrons. The van der Waals surface area contributed by atoms with Crippen LogP contribution in [0.5, 0.6) is 11.5 Å². The number of nitrogens with one attached hydrogen (secondary N) is 1. The van der Waals surface area contributed by atoms with Gasteiger partial charge in [-0.3, -0.25) is 14.5 Å². The third kappa shape index (κ3) is 4.19. The Morgan fingerprint density at radius 1 is 1.00 bits per heavy atom. The summed E-state index contributed by atoms with van der Waals surface area (Å²) in [5, 5.41) is 1.08. The second-order valence-corrected chi connectivity index (χ2v) is 10.1. The number of benzene rings is 2. The molecule has 0 spiro atoms. The molecule has 1 aromatic heterocycles. The largest absolute Gasteiger partial charge is 0.493 e. The molecule has 0 aliphatic carbocycles. The van der Waals surface area contributed by atoms with Crippen LogP contribution < -0.4 is 9.47 Å². The molecular weight excluding hydrogens is 484 g/mol. The highest BCUT2D eigenvalue weighted by molar-refractivity contribution is 5.97. The van der Waals surface area contributed by atoms with E-state index in [1.54, 1.807) is 24.0 Å². The van der Waals surface area contributed by atoms with Crippen LogP contribution in [0.2, 0.25) is 0 Å². The number of carbonyl (C=O) groups excluding carboxylic acids is 2. The number of methoxy groups -OCH3 is 2. The van der Waals surface area contributed by atoms with Gasteiger partial charge in [-0.05, 0) is 24.1 Å². The lowest BCUT2D eigenvalue weighted by Gasteiger charge is -2.47. The lowest BCUT2D eigenvalue weighted by Crippen LogP contribution is -2.63. The molecule has 1 unspecified atom stereocenters. The van der Waals surface area contributed by atoms with E-state index in [2.05, 4.69) is 16.0 Å². The van der Waals surface area contributed by atoms with Gasteiger partial charge >= 0.3 is 0 Å². The Labute approximate surface area is 222 Å². The highest BCUT2D eigenvalue weighted by Gasteiger charge is 2.49. The number of morpholine rings is 1. The van der Waals surface area contributed by atoms with Crippen molar-refractivity contribution in [2.24, 2.45) is 0 Å². The maximum atomic E-state index is 13.9. The maximum absolute atomic E-state index is 13.9. The van der Waals surface area contributed by atoms with Crippen LogP contribution in [0.1, 0.15) is 29.3 Å². The Hall–Kier alpha value is -3.56. The molecule has 0 radical (unpaired) electrons. The van der Waals surface area contributed by atoms with Gasteiger partial charge in [0, 0.05) is 54.8 Å². The zero-order valence-electron chi connectivity index (χ0n) is 21.9. The highest BCUT2D eigenvalue weighted by Crippen LogP contribution is 2.46. The van der Waals surface area contributed by atoms with Crippen LogP contribution in [-0.2, 0) is 20.7 Å². The van der Waals surface area contributed by atoms with Gasteiger partial charge in [-0.1, -0.05) is 30.3 Å². The molecule has 2 fully saturated rings. The molecule has 2 saturated heterocycles. The number of ether oxygens (including phenoxy) is 3. The molecule has 3 aliphatic rings. The van der Waals surface area contributed by atoms with Crippen molar-refractivity contribution in [3.8, 4) is 11.5 Å². The van der Waals surface area contributed by atoms with Crippen LogP contribution >= 0.6 is 0 Å². The number of piperazine rings is 1. The summed E-state index contributed by atoms with van der Waals surface area (Å²) in [5.74, 6) is 1.11. The van der Waals surface area contributed by atoms with E-state index in [1.165, 1.54) is 0 Å². The first kappa shape index (κ1) is 24.8. The molecule has 3 aromatic rings. The summed E-state index contributed by atoms with van der Waals surface area (Å²) in [6.45, 7) is 4.87. The van der Waals surface area contributed by atoms with Crippen LogP contribution in [0.3, 0.4) is 0 Å². The number of hydrogen-bond acceptors (Lipinski definition) is 6. The van der Waals surface area contributed by atoms with Crippen LogP contribution in [0.4, 0.5) is 0 Å². The topological polar surface area (TPSA) is 87.3 Å². The van der Waals surface area contributed by atoms with E-state index >= 15 is 0 Å². The smallest absolute Gasteiger partial charge is 0.246 e. The predicted octanol–water partition coefficient (Wildman–Crippen LogP) is 2.59. The minimum Gasteiger partial charge on any atom is -0.493 e. The van der Waals surface area contributed by atoms with Gasteiger partial charge in [0.25, 0.3) is 0 Å². The van der Waals surface area contributed by atoms with Crippen LogP contribution in [0.25, 0.3) is 10.9 Å². The summed E-state index contributed by atoms with van der Waals surface area (Å²) in [4.78, 5) is 37.2. The Morgan fingerprint density at radius 2 is 1.82 bits per heavy atom. The van der Waals surface area contributed by atoms with Crippen molar-refractivity contribution in [2.45, 2.75) is 24.9 Å². The number of H-pyrrole nitrogens is 1. The number of fused-ring (bicyclic) bond motifs is 4. The third-order valence-electron chi connectivity index (χ3n) is 8.08. The Bertz CT molecular complexity index is 1350. The molecule has 0 saturated carbocycles. The van der Waals surface area contributed by atoms with E-state index in [4.69, 9.17) is 14.2 Å². The number of amides is 2. The normalized spacial score (nSPS) is 21.9. The fraction of sp³-hybridized carbons (Fsp3) is 0.448. The third-order valence-corrected chi connectivity index (χ3v) is 8.08. The number of aromatic amines is 1. The first-order valence-corrected chi connectivity index (χ1v) is 13.3. The van der Waals surface area contributed by atoms with Gasteiger partial charge in [-0.25, -0.2) is 0 Å². The van der Waals surface area contributed by atoms with Crippen molar-refractivity contribution in [3.05, 3.63) is 59.3 Å². The predicted molar refractivity (Wildman–Crippen MR) is 142 cm³/mol. The van der Waals surface area contributed by atoms with Gasteiger partial charge in [0.15, 0.2) is 11.5 Å². The SMILES string of the molecule is COc1cccc(C2c3[nH]c4ccccc4c3C[C@@H]3C(=O)N(CCCN4CCOCC4)CC(=O)N23)c1OC. The molecule has 9 heteroatoms. The van der Waals surface area contributed by atoms with E-state index < -0.39 is 12.1 Å². The summed E-state index contributed by atoms with van der Waals surface area (Å²) in [5.41, 5.74) is 3.79. The zero-order chi connectivity index (χ0) is 26.2. The number of aromatic nitrogens is 1. The number of para-hydroxylation sites is 2.